The Kier molecular flexibility index (Phi) is 6.53. The molecule has 6 nitrogen and oxygen atoms in total. The van der Waals surface area contributed by atoms with Crippen molar-refractivity contribution in [2.24, 2.45) is 0 Å². The molecule has 0 aliphatic heterocycles. The third-order valence-electron chi connectivity index (χ3n) is 4.74. The molecule has 0 aromatic heterocycles. The van der Waals surface area contributed by atoms with Crippen molar-refractivity contribution < 1.29 is 24.2 Å². The van der Waals surface area contributed by atoms with Crippen LogP contribution in [0.4, 0.5) is 0 Å². The van der Waals surface area contributed by atoms with Gasteiger partial charge in [0.05, 0.1) is 6.10 Å². The minimum Gasteiger partial charge on any atom is -0.490 e. The van der Waals surface area contributed by atoms with Crippen LogP contribution in [0.15, 0.2) is 48.5 Å². The molecule has 0 heterocycles. The van der Waals surface area contributed by atoms with Gasteiger partial charge >= 0.3 is 5.97 Å². The van der Waals surface area contributed by atoms with Gasteiger partial charge in [0.2, 0.25) is 0 Å². The highest BCUT2D eigenvalue weighted by Gasteiger charge is 2.18. The Morgan fingerprint density at radius 2 is 1.79 bits per heavy atom. The van der Waals surface area contributed by atoms with Crippen LogP contribution in [0, 0.1) is 0 Å². The Hall–Kier alpha value is -3.02. The molecule has 0 unspecified atom stereocenters. The Balaban J connectivity index is 1.58. The monoisotopic (exact) mass is 383 g/mol. The molecule has 0 bridgehead atoms. The molecule has 0 spiro atoms. The maximum atomic E-state index is 12.8. The van der Waals surface area contributed by atoms with Crippen LogP contribution in [0.3, 0.4) is 0 Å². The first-order chi connectivity index (χ1) is 13.5. The lowest BCUT2D eigenvalue weighted by molar-refractivity contribution is -0.139. The van der Waals surface area contributed by atoms with Gasteiger partial charge in [-0.25, -0.2) is 4.79 Å². The van der Waals surface area contributed by atoms with E-state index in [0.29, 0.717) is 17.9 Å². The van der Waals surface area contributed by atoms with E-state index in [-0.39, 0.29) is 18.6 Å². The van der Waals surface area contributed by atoms with E-state index in [1.807, 2.05) is 24.3 Å². The molecule has 1 aliphatic carbocycles. The Labute approximate surface area is 164 Å². The van der Waals surface area contributed by atoms with Crippen LogP contribution in [0.5, 0.6) is 11.5 Å². The molecular formula is C22H25NO5. The summed E-state index contributed by atoms with van der Waals surface area (Å²) in [5.41, 5.74) is 1.52. The highest BCUT2D eigenvalue weighted by Crippen LogP contribution is 2.25. The van der Waals surface area contributed by atoms with Crippen molar-refractivity contribution in [1.29, 1.82) is 0 Å². The standard InChI is InChI=1S/C22H25NO5/c1-23(14-16-9-11-18(12-10-16)27-15-21(24)25)22(26)17-5-4-8-20(13-17)28-19-6-2-3-7-19/h4-5,8-13,19H,2-3,6-7,14-15H2,1H3,(H,24,25). The zero-order chi connectivity index (χ0) is 19.9. The number of carboxylic acids is 1. The predicted molar refractivity (Wildman–Crippen MR) is 105 cm³/mol. The molecule has 0 radical (unpaired) electrons. The fourth-order valence-electron chi connectivity index (χ4n) is 3.30. The van der Waals surface area contributed by atoms with E-state index in [2.05, 4.69) is 0 Å². The molecule has 0 saturated heterocycles. The topological polar surface area (TPSA) is 76.1 Å². The van der Waals surface area contributed by atoms with Gasteiger partial charge in [-0.3, -0.25) is 4.79 Å². The smallest absolute Gasteiger partial charge is 0.341 e. The largest absolute Gasteiger partial charge is 0.490 e. The first kappa shape index (κ1) is 19.7. The predicted octanol–water partition coefficient (Wildman–Crippen LogP) is 3.74. The normalized spacial score (nSPS) is 13.9. The van der Waals surface area contributed by atoms with Crippen molar-refractivity contribution in [3.05, 3.63) is 59.7 Å². The molecule has 148 valence electrons. The van der Waals surface area contributed by atoms with Crippen molar-refractivity contribution in [3.8, 4) is 11.5 Å². The second kappa shape index (κ2) is 9.26. The molecule has 2 aromatic carbocycles. The van der Waals surface area contributed by atoms with Crippen LogP contribution in [-0.4, -0.2) is 41.6 Å². The fraction of sp³-hybridized carbons (Fsp3) is 0.364. The van der Waals surface area contributed by atoms with Gasteiger partial charge in [0.1, 0.15) is 11.5 Å². The number of amides is 1. The summed E-state index contributed by atoms with van der Waals surface area (Å²) in [5.74, 6) is 0.125. The number of hydrogen-bond donors (Lipinski definition) is 1. The van der Waals surface area contributed by atoms with Gasteiger partial charge in [-0.05, 0) is 61.6 Å². The van der Waals surface area contributed by atoms with Crippen LogP contribution in [0.25, 0.3) is 0 Å². The van der Waals surface area contributed by atoms with Crippen molar-refractivity contribution in [2.75, 3.05) is 13.7 Å². The third-order valence-corrected chi connectivity index (χ3v) is 4.74. The summed E-state index contributed by atoms with van der Waals surface area (Å²) in [6, 6.07) is 14.4. The maximum absolute atomic E-state index is 12.8. The van der Waals surface area contributed by atoms with Crippen molar-refractivity contribution in [2.45, 2.75) is 38.3 Å². The Morgan fingerprint density at radius 1 is 1.07 bits per heavy atom. The number of carboxylic acid groups (broad SMARTS) is 1. The van der Waals surface area contributed by atoms with Gasteiger partial charge in [-0.1, -0.05) is 18.2 Å². The lowest BCUT2D eigenvalue weighted by Gasteiger charge is -2.19. The van der Waals surface area contributed by atoms with E-state index in [1.165, 1.54) is 12.8 Å². The van der Waals surface area contributed by atoms with Crippen molar-refractivity contribution in [1.82, 2.24) is 4.90 Å². The zero-order valence-corrected chi connectivity index (χ0v) is 16.0. The van der Waals surface area contributed by atoms with Crippen LogP contribution in [0.2, 0.25) is 0 Å². The van der Waals surface area contributed by atoms with Crippen LogP contribution < -0.4 is 9.47 Å². The molecule has 6 heteroatoms. The first-order valence-corrected chi connectivity index (χ1v) is 9.47. The summed E-state index contributed by atoms with van der Waals surface area (Å²) in [5, 5.41) is 8.64. The molecule has 2 aromatic rings. The van der Waals surface area contributed by atoms with Gasteiger partial charge in [-0.15, -0.1) is 0 Å². The number of ether oxygens (including phenoxy) is 2. The summed E-state index contributed by atoms with van der Waals surface area (Å²) < 4.78 is 11.1. The van der Waals surface area contributed by atoms with Gasteiger partial charge in [0.15, 0.2) is 6.61 Å². The summed E-state index contributed by atoms with van der Waals surface area (Å²) in [6.45, 7) is 0.0583. The average Bonchev–Trinajstić information content (AvgIpc) is 3.20. The average molecular weight is 383 g/mol. The third kappa shape index (κ3) is 5.49. The number of carbonyl (C=O) groups is 2. The number of aliphatic carboxylic acids is 1. The maximum Gasteiger partial charge on any atom is 0.341 e. The zero-order valence-electron chi connectivity index (χ0n) is 16.0. The highest BCUT2D eigenvalue weighted by molar-refractivity contribution is 5.94. The summed E-state index contributed by atoms with van der Waals surface area (Å²) in [4.78, 5) is 24.9. The summed E-state index contributed by atoms with van der Waals surface area (Å²) >= 11 is 0. The highest BCUT2D eigenvalue weighted by atomic mass is 16.5. The molecular weight excluding hydrogens is 358 g/mol. The lowest BCUT2D eigenvalue weighted by Crippen LogP contribution is -2.26. The molecule has 0 atom stereocenters. The second-order valence-corrected chi connectivity index (χ2v) is 7.04. The molecule has 3 rings (SSSR count). The van der Waals surface area contributed by atoms with E-state index in [9.17, 15) is 9.59 Å². The van der Waals surface area contributed by atoms with Gasteiger partial charge in [0.25, 0.3) is 5.91 Å². The Bertz CT molecular complexity index is 812. The van der Waals surface area contributed by atoms with E-state index in [4.69, 9.17) is 14.6 Å². The molecule has 1 amide bonds. The fourth-order valence-corrected chi connectivity index (χ4v) is 3.30. The van der Waals surface area contributed by atoms with Gasteiger partial charge in [-0.2, -0.15) is 0 Å². The minimum atomic E-state index is -1.02. The quantitative estimate of drug-likeness (QED) is 0.751. The van der Waals surface area contributed by atoms with Gasteiger partial charge < -0.3 is 19.5 Å². The van der Waals surface area contributed by atoms with E-state index in [1.54, 1.807) is 36.2 Å². The number of rotatable bonds is 8. The minimum absolute atomic E-state index is 0.0805. The summed E-state index contributed by atoms with van der Waals surface area (Å²) in [7, 11) is 1.75. The van der Waals surface area contributed by atoms with Crippen LogP contribution >= 0.6 is 0 Å². The number of carbonyl (C=O) groups excluding carboxylic acids is 1. The van der Waals surface area contributed by atoms with Crippen LogP contribution in [0.1, 0.15) is 41.6 Å². The SMILES string of the molecule is CN(Cc1ccc(OCC(=O)O)cc1)C(=O)c1cccc(OC2CCCC2)c1. The number of benzene rings is 2. The van der Waals surface area contributed by atoms with Crippen LogP contribution in [-0.2, 0) is 11.3 Å². The molecule has 1 aliphatic rings. The molecule has 1 fully saturated rings. The lowest BCUT2D eigenvalue weighted by atomic mass is 10.1. The molecule has 28 heavy (non-hydrogen) atoms. The van der Waals surface area contributed by atoms with Crippen molar-refractivity contribution in [3.63, 3.8) is 0 Å². The second-order valence-electron chi connectivity index (χ2n) is 7.04. The molecule has 1 saturated carbocycles. The first-order valence-electron chi connectivity index (χ1n) is 9.47. The number of nitrogens with zero attached hydrogens (tertiary/aromatic N) is 1. The van der Waals surface area contributed by atoms with E-state index >= 15 is 0 Å². The number of hydrogen-bond acceptors (Lipinski definition) is 4. The Morgan fingerprint density at radius 3 is 2.46 bits per heavy atom. The molecule has 1 N–H and O–H groups in total. The van der Waals surface area contributed by atoms with E-state index < -0.39 is 5.97 Å². The summed E-state index contributed by atoms with van der Waals surface area (Å²) in [6.07, 6.45) is 4.80. The van der Waals surface area contributed by atoms with Crippen molar-refractivity contribution >= 4 is 11.9 Å². The van der Waals surface area contributed by atoms with Gasteiger partial charge in [0, 0.05) is 19.2 Å². The van der Waals surface area contributed by atoms with E-state index in [0.717, 1.165) is 24.2 Å².